The minimum absolute atomic E-state index is 0.218. The molecule has 0 bridgehead atoms. The molecule has 0 aliphatic carbocycles. The number of amides is 1. The number of anilines is 1. The summed E-state index contributed by atoms with van der Waals surface area (Å²) in [5.74, 6) is -3.99. The molecule has 0 atom stereocenters. The van der Waals surface area contributed by atoms with Crippen LogP contribution in [0.5, 0.6) is 0 Å². The molecule has 7 heteroatoms. The van der Waals surface area contributed by atoms with Crippen molar-refractivity contribution in [1.82, 2.24) is 4.98 Å². The number of halogens is 2. The number of fused-ring (bicyclic) bond motifs is 1. The van der Waals surface area contributed by atoms with E-state index in [1.165, 1.54) is 6.07 Å². The number of rotatable bonds is 3. The lowest BCUT2D eigenvalue weighted by atomic mass is 10.1. The van der Waals surface area contributed by atoms with Crippen molar-refractivity contribution in [2.24, 2.45) is 0 Å². The lowest BCUT2D eigenvalue weighted by Crippen LogP contribution is -2.18. The van der Waals surface area contributed by atoms with E-state index in [4.69, 9.17) is 0 Å². The summed E-state index contributed by atoms with van der Waals surface area (Å²) in [6.07, 6.45) is 0. The highest BCUT2D eigenvalue weighted by Crippen LogP contribution is 2.20. The average Bonchev–Trinajstić information content (AvgIpc) is 2.56. The van der Waals surface area contributed by atoms with Crippen molar-refractivity contribution in [3.05, 3.63) is 71.4 Å². The molecule has 0 saturated heterocycles. The van der Waals surface area contributed by atoms with Crippen LogP contribution in [0, 0.1) is 11.6 Å². The van der Waals surface area contributed by atoms with Crippen molar-refractivity contribution < 1.29 is 23.5 Å². The highest BCUT2D eigenvalue weighted by molar-refractivity contribution is 6.11. The first-order valence-corrected chi connectivity index (χ1v) is 6.85. The molecule has 2 aromatic carbocycles. The predicted molar refractivity (Wildman–Crippen MR) is 83.0 cm³/mol. The highest BCUT2D eigenvalue weighted by Gasteiger charge is 2.20. The predicted octanol–water partition coefficient (Wildman–Crippen LogP) is 3.46. The molecule has 3 aromatic rings. The molecule has 2 N–H and O–H groups in total. The van der Waals surface area contributed by atoms with E-state index in [0.29, 0.717) is 17.0 Å². The maximum atomic E-state index is 13.7. The molecule has 24 heavy (non-hydrogen) atoms. The zero-order valence-electron chi connectivity index (χ0n) is 12.1. The van der Waals surface area contributed by atoms with Crippen LogP contribution in [0.25, 0.3) is 10.9 Å². The molecule has 1 amide bonds. The number of pyridine rings is 1. The van der Waals surface area contributed by atoms with E-state index in [1.54, 1.807) is 24.3 Å². The third-order valence-corrected chi connectivity index (χ3v) is 3.35. The average molecular weight is 328 g/mol. The molecular weight excluding hydrogens is 318 g/mol. The Bertz CT molecular complexity index is 973. The van der Waals surface area contributed by atoms with Crippen molar-refractivity contribution in [3.63, 3.8) is 0 Å². The summed E-state index contributed by atoms with van der Waals surface area (Å²) in [6.45, 7) is 0. The fourth-order valence-electron chi connectivity index (χ4n) is 2.23. The number of benzene rings is 2. The smallest absolute Gasteiger partial charge is 0.355 e. The van der Waals surface area contributed by atoms with E-state index in [1.807, 2.05) is 0 Å². The molecule has 5 nitrogen and oxygen atoms in total. The Morgan fingerprint density at radius 2 is 1.79 bits per heavy atom. The van der Waals surface area contributed by atoms with Gasteiger partial charge in [0.05, 0.1) is 16.8 Å². The Kier molecular flexibility index (Phi) is 3.91. The van der Waals surface area contributed by atoms with Crippen LogP contribution in [0.3, 0.4) is 0 Å². The molecular formula is C17H10F2N2O3. The molecule has 0 fully saturated rings. The number of aromatic nitrogens is 1. The molecule has 0 spiro atoms. The molecule has 1 heterocycles. The summed E-state index contributed by atoms with van der Waals surface area (Å²) in [7, 11) is 0. The number of carbonyl (C=O) groups excluding carboxylic acids is 1. The van der Waals surface area contributed by atoms with Gasteiger partial charge in [0.2, 0.25) is 0 Å². The maximum Gasteiger partial charge on any atom is 0.355 e. The number of hydrogen-bond donors (Lipinski definition) is 2. The van der Waals surface area contributed by atoms with Gasteiger partial charge in [-0.2, -0.15) is 0 Å². The van der Waals surface area contributed by atoms with Gasteiger partial charge >= 0.3 is 5.97 Å². The summed E-state index contributed by atoms with van der Waals surface area (Å²) in [6, 6.07) is 10.7. The second-order valence-electron chi connectivity index (χ2n) is 4.96. The Balaban J connectivity index is 2.05. The lowest BCUT2D eigenvalue weighted by molar-refractivity contribution is 0.0686. The Morgan fingerprint density at radius 3 is 2.50 bits per heavy atom. The number of aromatic carboxylic acids is 1. The molecule has 1 aromatic heterocycles. The van der Waals surface area contributed by atoms with Gasteiger partial charge in [-0.25, -0.2) is 18.6 Å². The van der Waals surface area contributed by atoms with Gasteiger partial charge < -0.3 is 10.4 Å². The highest BCUT2D eigenvalue weighted by atomic mass is 19.1. The summed E-state index contributed by atoms with van der Waals surface area (Å²) in [4.78, 5) is 27.7. The van der Waals surface area contributed by atoms with Crippen LogP contribution in [0.2, 0.25) is 0 Å². The van der Waals surface area contributed by atoms with Crippen molar-refractivity contribution in [3.8, 4) is 0 Å². The summed E-state index contributed by atoms with van der Waals surface area (Å²) in [5.41, 5.74) is -0.510. The van der Waals surface area contributed by atoms with Gasteiger partial charge in [-0.3, -0.25) is 4.79 Å². The molecule has 0 saturated carbocycles. The van der Waals surface area contributed by atoms with Gasteiger partial charge in [0, 0.05) is 11.5 Å². The Labute approximate surface area is 134 Å². The molecule has 3 rings (SSSR count). The van der Waals surface area contributed by atoms with E-state index in [9.17, 15) is 23.5 Å². The van der Waals surface area contributed by atoms with Crippen LogP contribution in [0.1, 0.15) is 20.8 Å². The summed E-state index contributed by atoms with van der Waals surface area (Å²) in [5, 5.41) is 12.1. The van der Waals surface area contributed by atoms with Crippen LogP contribution < -0.4 is 5.32 Å². The van der Waals surface area contributed by atoms with Gasteiger partial charge in [0.25, 0.3) is 5.91 Å². The van der Waals surface area contributed by atoms with Crippen molar-refractivity contribution in [2.75, 3.05) is 5.32 Å². The largest absolute Gasteiger partial charge is 0.476 e. The van der Waals surface area contributed by atoms with E-state index >= 15 is 0 Å². The van der Waals surface area contributed by atoms with E-state index in [2.05, 4.69) is 10.3 Å². The SMILES string of the molecule is O=C(Nc1ccc(F)cc1F)c1cc2ccccc2nc1C(=O)O. The lowest BCUT2D eigenvalue weighted by Gasteiger charge is -2.09. The first-order valence-electron chi connectivity index (χ1n) is 6.85. The van der Waals surface area contributed by atoms with Gasteiger partial charge in [0.15, 0.2) is 5.69 Å². The van der Waals surface area contributed by atoms with E-state index in [0.717, 1.165) is 12.1 Å². The van der Waals surface area contributed by atoms with Gasteiger partial charge in [-0.15, -0.1) is 0 Å². The van der Waals surface area contributed by atoms with Crippen LogP contribution in [-0.2, 0) is 0 Å². The molecule has 120 valence electrons. The Morgan fingerprint density at radius 1 is 1.04 bits per heavy atom. The number of nitrogens with one attached hydrogen (secondary N) is 1. The monoisotopic (exact) mass is 328 g/mol. The Hall–Kier alpha value is -3.35. The van der Waals surface area contributed by atoms with Crippen LogP contribution in [0.15, 0.2) is 48.5 Å². The zero-order valence-corrected chi connectivity index (χ0v) is 12.1. The topological polar surface area (TPSA) is 79.3 Å². The minimum atomic E-state index is -1.38. The van der Waals surface area contributed by atoms with Crippen LogP contribution in [0.4, 0.5) is 14.5 Å². The summed E-state index contributed by atoms with van der Waals surface area (Å²) >= 11 is 0. The van der Waals surface area contributed by atoms with E-state index < -0.39 is 29.2 Å². The minimum Gasteiger partial charge on any atom is -0.476 e. The molecule has 0 aliphatic rings. The second-order valence-corrected chi connectivity index (χ2v) is 4.96. The van der Waals surface area contributed by atoms with Crippen molar-refractivity contribution >= 4 is 28.5 Å². The first-order chi connectivity index (χ1) is 11.5. The van der Waals surface area contributed by atoms with Crippen molar-refractivity contribution in [1.29, 1.82) is 0 Å². The number of carboxylic acids is 1. The van der Waals surface area contributed by atoms with Gasteiger partial charge in [0.1, 0.15) is 11.6 Å². The van der Waals surface area contributed by atoms with Crippen LogP contribution >= 0.6 is 0 Å². The number of para-hydroxylation sites is 1. The standard InChI is InChI=1S/C17H10F2N2O3/c18-10-5-6-14(12(19)8-10)21-16(22)11-7-9-3-1-2-4-13(9)20-15(11)17(23)24/h1-8H,(H,21,22)(H,23,24). The number of carboxylic acid groups (broad SMARTS) is 1. The molecule has 0 aliphatic heterocycles. The molecule has 0 unspecified atom stereocenters. The fraction of sp³-hybridized carbons (Fsp3) is 0. The van der Waals surface area contributed by atoms with E-state index in [-0.39, 0.29) is 11.3 Å². The first kappa shape index (κ1) is 15.5. The quantitative estimate of drug-likeness (QED) is 0.771. The summed E-state index contributed by atoms with van der Waals surface area (Å²) < 4.78 is 26.6. The normalized spacial score (nSPS) is 10.6. The molecule has 0 radical (unpaired) electrons. The zero-order chi connectivity index (χ0) is 17.3. The maximum absolute atomic E-state index is 13.7. The fourth-order valence-corrected chi connectivity index (χ4v) is 2.23. The third-order valence-electron chi connectivity index (χ3n) is 3.35. The van der Waals surface area contributed by atoms with Gasteiger partial charge in [-0.1, -0.05) is 18.2 Å². The van der Waals surface area contributed by atoms with Crippen molar-refractivity contribution in [2.45, 2.75) is 0 Å². The number of hydrogen-bond acceptors (Lipinski definition) is 3. The second kappa shape index (κ2) is 6.04. The number of carbonyl (C=O) groups is 2. The third kappa shape index (κ3) is 2.91. The number of nitrogens with zero attached hydrogens (tertiary/aromatic N) is 1. The van der Waals surface area contributed by atoms with Crippen LogP contribution in [-0.4, -0.2) is 22.0 Å². The van der Waals surface area contributed by atoms with Gasteiger partial charge in [-0.05, 0) is 24.3 Å².